The van der Waals surface area contributed by atoms with Crippen molar-refractivity contribution in [3.63, 3.8) is 0 Å². The molecule has 1 aliphatic carbocycles. The van der Waals surface area contributed by atoms with Gasteiger partial charge >= 0.3 is 6.16 Å². The Morgan fingerprint density at radius 3 is 2.33 bits per heavy atom. The van der Waals surface area contributed by atoms with Crippen LogP contribution in [0.2, 0.25) is 0 Å². The van der Waals surface area contributed by atoms with Crippen LogP contribution in [0.3, 0.4) is 0 Å². The molecule has 69 valence electrons. The zero-order chi connectivity index (χ0) is 8.97. The molecule has 0 N–H and O–H groups in total. The van der Waals surface area contributed by atoms with Crippen LogP contribution in [0.4, 0.5) is 4.79 Å². The van der Waals surface area contributed by atoms with Crippen molar-refractivity contribution in [3.05, 3.63) is 6.10 Å². The first-order valence-electron chi connectivity index (χ1n) is 4.37. The Morgan fingerprint density at radius 1 is 1.25 bits per heavy atom. The molecule has 0 amide bonds. The smallest absolute Gasteiger partial charge is 0.431 e. The second-order valence-electron chi connectivity index (χ2n) is 3.28. The summed E-state index contributed by atoms with van der Waals surface area (Å²) in [6.45, 7) is 3.46. The van der Waals surface area contributed by atoms with E-state index in [1.807, 2.05) is 0 Å². The van der Waals surface area contributed by atoms with Crippen LogP contribution in [0.1, 0.15) is 39.5 Å². The van der Waals surface area contributed by atoms with Gasteiger partial charge < -0.3 is 9.47 Å². The molecule has 0 aliphatic heterocycles. The summed E-state index contributed by atoms with van der Waals surface area (Å²) in [4.78, 5) is 10.9. The van der Waals surface area contributed by atoms with Crippen molar-refractivity contribution in [1.82, 2.24) is 0 Å². The van der Waals surface area contributed by atoms with Gasteiger partial charge in [-0.2, -0.15) is 0 Å². The number of ether oxygens (including phenoxy) is 2. The minimum Gasteiger partial charge on any atom is -0.431 e. The Morgan fingerprint density at radius 2 is 1.83 bits per heavy atom. The lowest BCUT2D eigenvalue weighted by Crippen LogP contribution is -2.16. The molecule has 1 saturated carbocycles. The maximum atomic E-state index is 10.9. The molecule has 0 aromatic carbocycles. The largest absolute Gasteiger partial charge is 0.509 e. The highest BCUT2D eigenvalue weighted by atomic mass is 16.7. The molecular weight excluding hydrogens is 156 g/mol. The number of carbonyl (C=O) groups excluding carboxylic acids is 1. The zero-order valence-electron chi connectivity index (χ0n) is 7.63. The first kappa shape index (κ1) is 9.36. The summed E-state index contributed by atoms with van der Waals surface area (Å²) in [6.07, 6.45) is 4.45. The Kier molecular flexibility index (Phi) is 3.38. The highest BCUT2D eigenvalue weighted by molar-refractivity contribution is 5.61. The van der Waals surface area contributed by atoms with Crippen LogP contribution in [0.25, 0.3) is 0 Å². The van der Waals surface area contributed by atoms with Crippen LogP contribution in [-0.4, -0.2) is 12.3 Å². The topological polar surface area (TPSA) is 35.5 Å². The Labute approximate surface area is 73.0 Å². The van der Waals surface area contributed by atoms with Gasteiger partial charge in [-0.25, -0.2) is 4.79 Å². The Balaban J connectivity index is 2.16. The predicted octanol–water partition coefficient (Wildman–Crippen LogP) is 2.65. The summed E-state index contributed by atoms with van der Waals surface area (Å²) in [5.74, 6) is 0. The first-order chi connectivity index (χ1) is 5.68. The van der Waals surface area contributed by atoms with Crippen LogP contribution in [0, 0.1) is 6.10 Å². The maximum Gasteiger partial charge on any atom is 0.509 e. The molecule has 1 aliphatic rings. The molecule has 0 aromatic heterocycles. The average molecular weight is 171 g/mol. The second kappa shape index (κ2) is 4.33. The number of hydrogen-bond donors (Lipinski definition) is 0. The summed E-state index contributed by atoms with van der Waals surface area (Å²) in [6, 6.07) is 0. The lowest BCUT2D eigenvalue weighted by atomic mass is 10.3. The van der Waals surface area contributed by atoms with Crippen molar-refractivity contribution in [2.75, 3.05) is 0 Å². The second-order valence-corrected chi connectivity index (χ2v) is 3.28. The molecule has 3 heteroatoms. The first-order valence-corrected chi connectivity index (χ1v) is 4.37. The predicted molar refractivity (Wildman–Crippen MR) is 44.4 cm³/mol. The van der Waals surface area contributed by atoms with Crippen LogP contribution < -0.4 is 0 Å². The SMILES string of the molecule is C[C](C)OC(=O)OC1CCCC1. The van der Waals surface area contributed by atoms with Crippen molar-refractivity contribution in [3.8, 4) is 0 Å². The lowest BCUT2D eigenvalue weighted by Gasteiger charge is -2.12. The van der Waals surface area contributed by atoms with E-state index in [4.69, 9.17) is 9.47 Å². The van der Waals surface area contributed by atoms with Gasteiger partial charge in [0.2, 0.25) is 0 Å². The van der Waals surface area contributed by atoms with Crippen LogP contribution >= 0.6 is 0 Å². The molecule has 12 heavy (non-hydrogen) atoms. The molecule has 1 rings (SSSR count). The number of carbonyl (C=O) groups is 1. The molecule has 0 saturated heterocycles. The fourth-order valence-electron chi connectivity index (χ4n) is 1.33. The van der Waals surface area contributed by atoms with E-state index in [9.17, 15) is 4.79 Å². The third-order valence-electron chi connectivity index (χ3n) is 1.85. The maximum absolute atomic E-state index is 10.9. The van der Waals surface area contributed by atoms with E-state index < -0.39 is 6.16 Å². The molecule has 0 unspecified atom stereocenters. The van der Waals surface area contributed by atoms with Crippen LogP contribution in [-0.2, 0) is 9.47 Å². The monoisotopic (exact) mass is 171 g/mol. The van der Waals surface area contributed by atoms with Gasteiger partial charge in [0.1, 0.15) is 12.2 Å². The fraction of sp³-hybridized carbons (Fsp3) is 0.778. The van der Waals surface area contributed by atoms with Gasteiger partial charge in [-0.15, -0.1) is 0 Å². The minimum absolute atomic E-state index is 0.0943. The van der Waals surface area contributed by atoms with Crippen molar-refractivity contribution < 1.29 is 14.3 Å². The van der Waals surface area contributed by atoms with Gasteiger partial charge in [0.25, 0.3) is 0 Å². The molecule has 0 heterocycles. The lowest BCUT2D eigenvalue weighted by molar-refractivity contribution is 0.0316. The van der Waals surface area contributed by atoms with Gasteiger partial charge in [-0.05, 0) is 39.5 Å². The van der Waals surface area contributed by atoms with Crippen molar-refractivity contribution in [1.29, 1.82) is 0 Å². The normalized spacial score (nSPS) is 18.2. The van der Waals surface area contributed by atoms with E-state index in [1.54, 1.807) is 13.8 Å². The summed E-state index contributed by atoms with van der Waals surface area (Å²) < 4.78 is 9.81. The molecule has 1 radical (unpaired) electrons. The van der Waals surface area contributed by atoms with E-state index >= 15 is 0 Å². The third kappa shape index (κ3) is 3.11. The highest BCUT2D eigenvalue weighted by Gasteiger charge is 2.20. The molecule has 1 fully saturated rings. The number of hydrogen-bond acceptors (Lipinski definition) is 3. The highest BCUT2D eigenvalue weighted by Crippen LogP contribution is 2.21. The summed E-state index contributed by atoms with van der Waals surface area (Å²) in [7, 11) is 0. The van der Waals surface area contributed by atoms with Crippen molar-refractivity contribution >= 4 is 6.16 Å². The standard InChI is InChI=1S/C9H15O3/c1-7(2)11-9(10)12-8-5-3-4-6-8/h8H,3-6H2,1-2H3. The van der Waals surface area contributed by atoms with E-state index in [0.717, 1.165) is 25.7 Å². The van der Waals surface area contributed by atoms with E-state index in [-0.39, 0.29) is 6.10 Å². The molecular formula is C9H15O3. The van der Waals surface area contributed by atoms with E-state index in [2.05, 4.69) is 0 Å². The van der Waals surface area contributed by atoms with E-state index in [0.29, 0.717) is 6.10 Å². The fourth-order valence-corrected chi connectivity index (χ4v) is 1.33. The number of rotatable bonds is 2. The average Bonchev–Trinajstić information content (AvgIpc) is 2.37. The van der Waals surface area contributed by atoms with Crippen LogP contribution in [0.15, 0.2) is 0 Å². The Hall–Kier alpha value is -0.730. The van der Waals surface area contributed by atoms with E-state index in [1.165, 1.54) is 0 Å². The molecule has 0 atom stereocenters. The van der Waals surface area contributed by atoms with Gasteiger partial charge in [0, 0.05) is 0 Å². The zero-order valence-corrected chi connectivity index (χ0v) is 7.63. The molecule has 3 nitrogen and oxygen atoms in total. The quantitative estimate of drug-likeness (QED) is 0.599. The van der Waals surface area contributed by atoms with Gasteiger partial charge in [-0.1, -0.05) is 0 Å². The third-order valence-corrected chi connectivity index (χ3v) is 1.85. The summed E-state index contributed by atoms with van der Waals surface area (Å²) >= 11 is 0. The molecule has 0 aromatic rings. The minimum atomic E-state index is -0.554. The van der Waals surface area contributed by atoms with Crippen LogP contribution in [0.5, 0.6) is 0 Å². The van der Waals surface area contributed by atoms with Crippen molar-refractivity contribution in [2.24, 2.45) is 0 Å². The summed E-state index contributed by atoms with van der Waals surface area (Å²) in [5, 5.41) is 0. The summed E-state index contributed by atoms with van der Waals surface area (Å²) in [5.41, 5.74) is 0. The van der Waals surface area contributed by atoms with Gasteiger partial charge in [0.15, 0.2) is 0 Å². The van der Waals surface area contributed by atoms with Gasteiger partial charge in [-0.3, -0.25) is 0 Å². The molecule has 0 bridgehead atoms. The Bertz CT molecular complexity index is 148. The van der Waals surface area contributed by atoms with Gasteiger partial charge in [0.05, 0.1) is 0 Å². The van der Waals surface area contributed by atoms with Crippen molar-refractivity contribution in [2.45, 2.75) is 45.6 Å². The molecule has 0 spiro atoms.